The Balaban J connectivity index is 2.19. The summed E-state index contributed by atoms with van der Waals surface area (Å²) in [4.78, 5) is 0. The third kappa shape index (κ3) is 2.35. The molecule has 0 radical (unpaired) electrons. The van der Waals surface area contributed by atoms with Gasteiger partial charge in [0.25, 0.3) is 5.69 Å². The number of hydrogen-bond acceptors (Lipinski definition) is 1. The largest absolute Gasteiger partial charge is 0.449 e. The van der Waals surface area contributed by atoms with E-state index in [9.17, 15) is 0 Å². The highest BCUT2D eigenvalue weighted by Gasteiger charge is 2.32. The van der Waals surface area contributed by atoms with Gasteiger partial charge >= 0.3 is 0 Å². The van der Waals surface area contributed by atoms with E-state index in [1.165, 1.54) is 44.3 Å². The summed E-state index contributed by atoms with van der Waals surface area (Å²) >= 11 is 0. The van der Waals surface area contributed by atoms with E-state index in [0.29, 0.717) is 11.8 Å². The summed E-state index contributed by atoms with van der Waals surface area (Å²) in [6.07, 6.45) is 2.17. The Bertz CT molecular complexity index is 1040. The Morgan fingerprint density at radius 3 is 2.35 bits per heavy atom. The number of aromatic nitrogens is 1. The second-order valence-electron chi connectivity index (χ2n) is 8.28. The molecule has 0 saturated carbocycles. The first-order valence-electron chi connectivity index (χ1n) is 9.58. The van der Waals surface area contributed by atoms with Crippen LogP contribution in [0.4, 0.5) is 0 Å². The molecule has 2 aromatic carbocycles. The van der Waals surface area contributed by atoms with Gasteiger partial charge in [0.05, 0.1) is 5.56 Å². The minimum atomic E-state index is 0.417. The molecule has 0 spiro atoms. The van der Waals surface area contributed by atoms with Crippen molar-refractivity contribution in [2.75, 3.05) is 0 Å². The topological polar surface area (TPSA) is 13.1 Å². The van der Waals surface area contributed by atoms with Crippen LogP contribution < -0.4 is 9.30 Å². The second-order valence-corrected chi connectivity index (χ2v) is 8.28. The average molecular weight is 346 g/mol. The summed E-state index contributed by atoms with van der Waals surface area (Å²) in [6.45, 7) is 13.4. The van der Waals surface area contributed by atoms with Crippen molar-refractivity contribution in [1.82, 2.24) is 0 Å². The van der Waals surface area contributed by atoms with Crippen LogP contribution in [0.25, 0.3) is 22.0 Å². The Hall–Kier alpha value is -2.35. The van der Waals surface area contributed by atoms with E-state index in [-0.39, 0.29) is 0 Å². The van der Waals surface area contributed by atoms with Gasteiger partial charge in [0.2, 0.25) is 5.75 Å². The van der Waals surface area contributed by atoms with Crippen molar-refractivity contribution in [3.05, 3.63) is 52.7 Å². The van der Waals surface area contributed by atoms with Crippen molar-refractivity contribution in [3.63, 3.8) is 0 Å². The molecule has 0 saturated heterocycles. The molecule has 1 aliphatic heterocycles. The minimum absolute atomic E-state index is 0.417. The molecule has 4 rings (SSSR count). The SMILES string of the molecule is Cc1cc2cc(C(C)C)cc3c2c(c1C)-c1c(c(C(C)C)cc[n+]1C)O3. The van der Waals surface area contributed by atoms with Gasteiger partial charge in [0, 0.05) is 17.0 Å². The number of nitrogens with zero attached hydrogens (tertiary/aromatic N) is 1. The molecule has 1 aliphatic rings. The molecule has 26 heavy (non-hydrogen) atoms. The number of pyridine rings is 1. The molecule has 0 aliphatic carbocycles. The molecule has 2 nitrogen and oxygen atoms in total. The zero-order valence-corrected chi connectivity index (χ0v) is 16.9. The number of ether oxygens (including phenoxy) is 1. The average Bonchev–Trinajstić information content (AvgIpc) is 2.58. The molecular formula is C24H28NO+. The predicted molar refractivity (Wildman–Crippen MR) is 108 cm³/mol. The first-order chi connectivity index (χ1) is 12.3. The van der Waals surface area contributed by atoms with E-state index < -0.39 is 0 Å². The standard InChI is InChI=1S/C24H28NO/c1-13(2)17-11-18-10-15(5)16(6)21-22(18)20(12-17)26-24-19(14(3)4)8-9-25(7)23(21)24/h8-14H,1-7H3/q+1. The number of fused-ring (bicyclic) bond motifs is 2. The maximum Gasteiger partial charge on any atom is 0.256 e. The van der Waals surface area contributed by atoms with Crippen molar-refractivity contribution in [3.8, 4) is 22.8 Å². The third-order valence-electron chi connectivity index (χ3n) is 5.79. The number of hydrogen-bond donors (Lipinski definition) is 0. The van der Waals surface area contributed by atoms with Gasteiger partial charge in [0.1, 0.15) is 12.8 Å². The molecule has 0 amide bonds. The lowest BCUT2D eigenvalue weighted by Crippen LogP contribution is -2.32. The van der Waals surface area contributed by atoms with Gasteiger partial charge in [0.15, 0.2) is 6.20 Å². The highest BCUT2D eigenvalue weighted by Crippen LogP contribution is 2.50. The summed E-state index contributed by atoms with van der Waals surface area (Å²) in [5.41, 5.74) is 7.81. The molecule has 0 atom stereocenters. The third-order valence-corrected chi connectivity index (χ3v) is 5.79. The van der Waals surface area contributed by atoms with E-state index in [1.54, 1.807) is 0 Å². The van der Waals surface area contributed by atoms with E-state index in [0.717, 1.165) is 11.5 Å². The van der Waals surface area contributed by atoms with Gasteiger partial charge in [-0.05, 0) is 53.8 Å². The van der Waals surface area contributed by atoms with Crippen LogP contribution in [-0.4, -0.2) is 0 Å². The molecule has 2 heteroatoms. The van der Waals surface area contributed by atoms with Gasteiger partial charge in [-0.25, -0.2) is 0 Å². The zero-order chi connectivity index (χ0) is 18.7. The molecule has 0 unspecified atom stereocenters. The maximum atomic E-state index is 6.59. The van der Waals surface area contributed by atoms with Crippen LogP contribution in [0.5, 0.6) is 11.5 Å². The predicted octanol–water partition coefficient (Wildman–Crippen LogP) is 6.30. The lowest BCUT2D eigenvalue weighted by Gasteiger charge is -2.25. The van der Waals surface area contributed by atoms with Crippen molar-refractivity contribution in [1.29, 1.82) is 0 Å². The molecule has 134 valence electrons. The summed E-state index contributed by atoms with van der Waals surface area (Å²) in [6, 6.07) is 9.08. The number of benzene rings is 2. The van der Waals surface area contributed by atoms with Crippen LogP contribution in [0.2, 0.25) is 0 Å². The van der Waals surface area contributed by atoms with Crippen molar-refractivity contribution < 1.29 is 9.30 Å². The minimum Gasteiger partial charge on any atom is -0.449 e. The summed E-state index contributed by atoms with van der Waals surface area (Å²) in [7, 11) is 2.12. The summed E-state index contributed by atoms with van der Waals surface area (Å²) in [5, 5.41) is 2.53. The van der Waals surface area contributed by atoms with Gasteiger partial charge in [-0.2, -0.15) is 4.57 Å². The van der Waals surface area contributed by atoms with Gasteiger partial charge in [-0.3, -0.25) is 0 Å². The van der Waals surface area contributed by atoms with Crippen LogP contribution in [0, 0.1) is 13.8 Å². The summed E-state index contributed by atoms with van der Waals surface area (Å²) < 4.78 is 8.80. The van der Waals surface area contributed by atoms with Crippen LogP contribution in [0.1, 0.15) is 61.8 Å². The molecular weight excluding hydrogens is 318 g/mol. The first kappa shape index (κ1) is 17.1. The number of rotatable bonds is 2. The number of aryl methyl sites for hydroxylation is 2. The molecule has 2 heterocycles. The van der Waals surface area contributed by atoms with Crippen molar-refractivity contribution in [2.45, 2.75) is 53.4 Å². The Kier molecular flexibility index (Phi) is 3.83. The van der Waals surface area contributed by atoms with Crippen molar-refractivity contribution >= 4 is 10.8 Å². The fraction of sp³-hybridized carbons (Fsp3) is 0.375. The highest BCUT2D eigenvalue weighted by molar-refractivity contribution is 6.05. The van der Waals surface area contributed by atoms with Crippen LogP contribution in [0.3, 0.4) is 0 Å². The summed E-state index contributed by atoms with van der Waals surface area (Å²) in [5.74, 6) is 2.92. The van der Waals surface area contributed by atoms with Crippen LogP contribution in [0.15, 0.2) is 30.5 Å². The van der Waals surface area contributed by atoms with E-state index in [2.05, 4.69) is 83.6 Å². The lowest BCUT2D eigenvalue weighted by molar-refractivity contribution is -0.660. The monoisotopic (exact) mass is 346 g/mol. The molecule has 0 fully saturated rings. The lowest BCUT2D eigenvalue weighted by atomic mass is 9.87. The molecule has 1 aromatic heterocycles. The highest BCUT2D eigenvalue weighted by atomic mass is 16.5. The van der Waals surface area contributed by atoms with Crippen LogP contribution >= 0.6 is 0 Å². The van der Waals surface area contributed by atoms with Gasteiger partial charge in [-0.1, -0.05) is 39.8 Å². The fourth-order valence-corrected chi connectivity index (χ4v) is 4.08. The maximum absolute atomic E-state index is 6.59. The van der Waals surface area contributed by atoms with Gasteiger partial charge < -0.3 is 4.74 Å². The Labute approximate surface area is 156 Å². The molecule has 0 bridgehead atoms. The molecule has 3 aromatic rings. The Morgan fingerprint density at radius 2 is 1.69 bits per heavy atom. The quantitative estimate of drug-likeness (QED) is 0.388. The normalized spacial score (nSPS) is 12.7. The Morgan fingerprint density at radius 1 is 0.962 bits per heavy atom. The molecule has 0 N–H and O–H groups in total. The van der Waals surface area contributed by atoms with E-state index in [4.69, 9.17) is 4.74 Å². The first-order valence-corrected chi connectivity index (χ1v) is 9.58. The van der Waals surface area contributed by atoms with E-state index in [1.807, 2.05) is 0 Å². The van der Waals surface area contributed by atoms with Crippen LogP contribution in [-0.2, 0) is 7.05 Å². The second kappa shape index (κ2) is 5.84. The van der Waals surface area contributed by atoms with E-state index >= 15 is 0 Å². The van der Waals surface area contributed by atoms with Gasteiger partial charge in [-0.15, -0.1) is 0 Å². The smallest absolute Gasteiger partial charge is 0.256 e. The fourth-order valence-electron chi connectivity index (χ4n) is 4.08. The zero-order valence-electron chi connectivity index (χ0n) is 16.9. The van der Waals surface area contributed by atoms with Crippen molar-refractivity contribution in [2.24, 2.45) is 7.05 Å².